The minimum absolute atomic E-state index is 0.161. The molecule has 2 atom stereocenters. The zero-order valence-corrected chi connectivity index (χ0v) is 11.0. The summed E-state index contributed by atoms with van der Waals surface area (Å²) in [6.07, 6.45) is 3.73. The lowest BCUT2D eigenvalue weighted by Gasteiger charge is -2.36. The molecule has 3 rings (SSSR count). The highest BCUT2D eigenvalue weighted by molar-refractivity contribution is 7.86. The Morgan fingerprint density at radius 3 is 2.33 bits per heavy atom. The van der Waals surface area contributed by atoms with Crippen LogP contribution in [0.4, 0.5) is 4.39 Å². The Labute approximate surface area is 109 Å². The average Bonchev–Trinajstić information content (AvgIpc) is 2.57. The Balaban J connectivity index is 1.76. The van der Waals surface area contributed by atoms with Gasteiger partial charge in [-0.2, -0.15) is 0 Å². The van der Waals surface area contributed by atoms with E-state index in [-0.39, 0.29) is 16.3 Å². The maximum atomic E-state index is 12.8. The van der Waals surface area contributed by atoms with Crippen molar-refractivity contribution in [2.24, 2.45) is 0 Å². The Morgan fingerprint density at radius 1 is 1.22 bits per heavy atom. The summed E-state index contributed by atoms with van der Waals surface area (Å²) in [4.78, 5) is 0. The molecule has 0 radical (unpaired) electrons. The fourth-order valence-electron chi connectivity index (χ4n) is 3.30. The quantitative estimate of drug-likeness (QED) is 0.892. The van der Waals surface area contributed by atoms with Gasteiger partial charge in [0.1, 0.15) is 5.82 Å². The van der Waals surface area contributed by atoms with Crippen molar-refractivity contribution in [3.8, 4) is 0 Å². The second-order valence-corrected chi connectivity index (χ2v) is 7.58. The topological polar surface area (TPSA) is 37.3 Å². The molecular weight excluding hydrogens is 251 g/mol. The van der Waals surface area contributed by atoms with Gasteiger partial charge in [0.05, 0.1) is 5.60 Å². The molecular formula is C14H17FO2S. The molecule has 2 saturated heterocycles. The molecule has 18 heavy (non-hydrogen) atoms. The van der Waals surface area contributed by atoms with Gasteiger partial charge in [0, 0.05) is 27.7 Å². The van der Waals surface area contributed by atoms with Crippen molar-refractivity contribution in [1.29, 1.82) is 0 Å². The summed E-state index contributed by atoms with van der Waals surface area (Å²) in [5.74, 6) is -0.254. The van der Waals surface area contributed by atoms with E-state index in [9.17, 15) is 13.7 Å². The van der Waals surface area contributed by atoms with Gasteiger partial charge in [0.2, 0.25) is 0 Å². The molecule has 0 aliphatic carbocycles. The first kappa shape index (κ1) is 12.3. The van der Waals surface area contributed by atoms with Crippen molar-refractivity contribution in [3.63, 3.8) is 0 Å². The van der Waals surface area contributed by atoms with Crippen molar-refractivity contribution in [3.05, 3.63) is 35.6 Å². The number of hydrogen-bond donors (Lipinski definition) is 1. The van der Waals surface area contributed by atoms with Crippen LogP contribution in [0.3, 0.4) is 0 Å². The summed E-state index contributed by atoms with van der Waals surface area (Å²) in [5.41, 5.74) is 0.198. The maximum Gasteiger partial charge on any atom is 0.123 e. The molecule has 98 valence electrons. The predicted octanol–water partition coefficient (Wildman–Crippen LogP) is 2.17. The molecule has 0 spiro atoms. The van der Waals surface area contributed by atoms with Gasteiger partial charge >= 0.3 is 0 Å². The minimum Gasteiger partial charge on any atom is -0.389 e. The van der Waals surface area contributed by atoms with Gasteiger partial charge in [0.25, 0.3) is 0 Å². The lowest BCUT2D eigenvalue weighted by molar-refractivity contribution is 0.0230. The first-order valence-electron chi connectivity index (χ1n) is 6.42. The molecule has 2 unspecified atom stereocenters. The molecule has 0 amide bonds. The largest absolute Gasteiger partial charge is 0.389 e. The van der Waals surface area contributed by atoms with Crippen LogP contribution in [0.15, 0.2) is 24.3 Å². The third-order valence-corrected chi connectivity index (χ3v) is 6.25. The molecule has 1 N–H and O–H groups in total. The number of benzene rings is 1. The highest BCUT2D eigenvalue weighted by Crippen LogP contribution is 2.42. The normalized spacial score (nSPS) is 38.9. The monoisotopic (exact) mass is 268 g/mol. The summed E-state index contributed by atoms with van der Waals surface area (Å²) in [7, 11) is -0.747. The number of rotatable bonds is 2. The van der Waals surface area contributed by atoms with E-state index in [1.807, 2.05) is 0 Å². The third kappa shape index (κ3) is 2.24. The third-order valence-electron chi connectivity index (χ3n) is 4.13. The first-order chi connectivity index (χ1) is 8.56. The van der Waals surface area contributed by atoms with Crippen molar-refractivity contribution < 1.29 is 13.7 Å². The summed E-state index contributed by atoms with van der Waals surface area (Å²) >= 11 is 0. The smallest absolute Gasteiger partial charge is 0.123 e. The van der Waals surface area contributed by atoms with E-state index in [0.29, 0.717) is 19.3 Å². The Bertz CT molecular complexity index is 455. The second kappa shape index (κ2) is 4.42. The van der Waals surface area contributed by atoms with Crippen molar-refractivity contribution in [1.82, 2.24) is 0 Å². The van der Waals surface area contributed by atoms with Crippen LogP contribution < -0.4 is 0 Å². The van der Waals surface area contributed by atoms with Gasteiger partial charge in [-0.25, -0.2) is 4.39 Å². The van der Waals surface area contributed by atoms with Crippen LogP contribution in [0.1, 0.15) is 31.2 Å². The Kier molecular flexibility index (Phi) is 3.02. The first-order valence-corrected chi connectivity index (χ1v) is 7.70. The lowest BCUT2D eigenvalue weighted by Crippen LogP contribution is -2.44. The van der Waals surface area contributed by atoms with Gasteiger partial charge in [0.15, 0.2) is 0 Å². The van der Waals surface area contributed by atoms with Crippen molar-refractivity contribution in [2.45, 2.75) is 48.2 Å². The average molecular weight is 268 g/mol. The number of halogens is 1. The van der Waals surface area contributed by atoms with Crippen LogP contribution in [0.2, 0.25) is 0 Å². The van der Waals surface area contributed by atoms with Gasteiger partial charge in [-0.1, -0.05) is 12.1 Å². The van der Waals surface area contributed by atoms with Crippen LogP contribution in [0, 0.1) is 5.82 Å². The van der Waals surface area contributed by atoms with E-state index in [1.54, 1.807) is 12.1 Å². The molecule has 2 aliphatic heterocycles. The SMILES string of the molecule is O=S1C2CCC1CC(O)(Cc1ccc(F)cc1)C2. The standard InChI is InChI=1S/C14H17FO2S/c15-11-3-1-10(2-4-11)7-14(16)8-12-5-6-13(9-14)18(12)17/h1-4,12-13,16H,5-9H2. The minimum atomic E-state index is -0.752. The second-order valence-electron chi connectivity index (χ2n) is 5.59. The number of hydrogen-bond acceptors (Lipinski definition) is 2. The van der Waals surface area contributed by atoms with Crippen LogP contribution in [0.5, 0.6) is 0 Å². The highest BCUT2D eigenvalue weighted by Gasteiger charge is 2.47. The summed E-state index contributed by atoms with van der Waals surface area (Å²) in [6, 6.07) is 6.30. The van der Waals surface area contributed by atoms with Crippen molar-refractivity contribution >= 4 is 10.8 Å². The highest BCUT2D eigenvalue weighted by atomic mass is 32.2. The molecule has 2 heterocycles. The van der Waals surface area contributed by atoms with E-state index in [1.165, 1.54) is 12.1 Å². The Hall–Kier alpha value is -0.740. The molecule has 4 heteroatoms. The molecule has 2 aliphatic rings. The van der Waals surface area contributed by atoms with E-state index in [4.69, 9.17) is 0 Å². The fourth-order valence-corrected chi connectivity index (χ4v) is 5.53. The molecule has 0 aromatic heterocycles. The number of fused-ring (bicyclic) bond motifs is 2. The number of aliphatic hydroxyl groups is 1. The Morgan fingerprint density at radius 2 is 1.78 bits per heavy atom. The van der Waals surface area contributed by atoms with Crippen LogP contribution in [-0.4, -0.2) is 25.4 Å². The van der Waals surface area contributed by atoms with E-state index in [2.05, 4.69) is 0 Å². The molecule has 2 bridgehead atoms. The van der Waals surface area contributed by atoms with Crippen molar-refractivity contribution in [2.75, 3.05) is 0 Å². The van der Waals surface area contributed by atoms with Gasteiger partial charge < -0.3 is 5.11 Å². The lowest BCUT2D eigenvalue weighted by atomic mass is 9.87. The molecule has 1 aromatic rings. The molecule has 0 saturated carbocycles. The van der Waals surface area contributed by atoms with Gasteiger partial charge in [-0.3, -0.25) is 4.21 Å². The zero-order chi connectivity index (χ0) is 12.8. The summed E-state index contributed by atoms with van der Waals surface area (Å²) < 4.78 is 24.8. The molecule has 1 aromatic carbocycles. The van der Waals surface area contributed by atoms with Gasteiger partial charge in [-0.15, -0.1) is 0 Å². The van der Waals surface area contributed by atoms with Crippen LogP contribution in [0.25, 0.3) is 0 Å². The van der Waals surface area contributed by atoms with Crippen LogP contribution >= 0.6 is 0 Å². The van der Waals surface area contributed by atoms with E-state index < -0.39 is 16.4 Å². The maximum absolute atomic E-state index is 12.8. The van der Waals surface area contributed by atoms with E-state index >= 15 is 0 Å². The summed E-state index contributed by atoms with van der Waals surface area (Å²) in [5, 5.41) is 11.0. The molecule has 2 nitrogen and oxygen atoms in total. The summed E-state index contributed by atoms with van der Waals surface area (Å²) in [6.45, 7) is 0. The fraction of sp³-hybridized carbons (Fsp3) is 0.571. The molecule has 2 fully saturated rings. The van der Waals surface area contributed by atoms with Gasteiger partial charge in [-0.05, 0) is 43.4 Å². The van der Waals surface area contributed by atoms with E-state index in [0.717, 1.165) is 18.4 Å². The predicted molar refractivity (Wildman–Crippen MR) is 69.2 cm³/mol. The zero-order valence-electron chi connectivity index (χ0n) is 10.1. The van der Waals surface area contributed by atoms with Crippen LogP contribution in [-0.2, 0) is 17.2 Å².